The molecule has 1 aromatic heterocycles. The van der Waals surface area contributed by atoms with E-state index in [1.165, 1.54) is 0 Å². The molecule has 2 aromatic rings. The van der Waals surface area contributed by atoms with Gasteiger partial charge in [0.2, 0.25) is 0 Å². The van der Waals surface area contributed by atoms with Crippen molar-refractivity contribution in [1.29, 1.82) is 0 Å². The molecule has 106 valence electrons. The molecule has 6 nitrogen and oxygen atoms in total. The average Bonchev–Trinajstić information content (AvgIpc) is 2.99. The van der Waals surface area contributed by atoms with Gasteiger partial charge in [-0.2, -0.15) is 5.10 Å². The van der Waals surface area contributed by atoms with Gasteiger partial charge in [0.15, 0.2) is 0 Å². The monoisotopic (exact) mass is 275 g/mol. The van der Waals surface area contributed by atoms with Crippen LogP contribution in [0.5, 0.6) is 11.5 Å². The summed E-state index contributed by atoms with van der Waals surface area (Å²) in [6.07, 6.45) is 4.27. The van der Waals surface area contributed by atoms with Crippen molar-refractivity contribution >= 4 is 5.91 Å². The van der Waals surface area contributed by atoms with Crippen LogP contribution >= 0.6 is 0 Å². The van der Waals surface area contributed by atoms with Gasteiger partial charge in [0, 0.05) is 24.4 Å². The molecular formula is C14H17N3O3. The Bertz CT molecular complexity index is 545. The molecule has 1 heterocycles. The largest absolute Gasteiger partial charge is 0.497 e. The molecule has 20 heavy (non-hydrogen) atoms. The quantitative estimate of drug-likeness (QED) is 0.835. The molecule has 0 aliphatic rings. The molecule has 0 atom stereocenters. The van der Waals surface area contributed by atoms with Crippen LogP contribution in [-0.2, 0) is 6.42 Å². The number of aromatic amines is 1. The third-order valence-corrected chi connectivity index (χ3v) is 2.87. The van der Waals surface area contributed by atoms with E-state index in [1.54, 1.807) is 44.8 Å². The minimum atomic E-state index is -0.161. The number of nitrogens with zero attached hydrogens (tertiary/aromatic N) is 1. The van der Waals surface area contributed by atoms with Crippen molar-refractivity contribution in [1.82, 2.24) is 15.5 Å². The first-order valence-electron chi connectivity index (χ1n) is 6.22. The Morgan fingerprint density at radius 2 is 1.95 bits per heavy atom. The number of nitrogens with one attached hydrogen (secondary N) is 2. The van der Waals surface area contributed by atoms with Gasteiger partial charge in [0.05, 0.1) is 20.4 Å². The van der Waals surface area contributed by atoms with E-state index in [0.717, 1.165) is 12.0 Å². The van der Waals surface area contributed by atoms with Crippen LogP contribution in [0.15, 0.2) is 30.6 Å². The number of hydrogen-bond donors (Lipinski definition) is 2. The van der Waals surface area contributed by atoms with Gasteiger partial charge >= 0.3 is 0 Å². The topological polar surface area (TPSA) is 76.2 Å². The van der Waals surface area contributed by atoms with E-state index >= 15 is 0 Å². The highest BCUT2D eigenvalue weighted by atomic mass is 16.5. The zero-order valence-electron chi connectivity index (χ0n) is 11.5. The van der Waals surface area contributed by atoms with Crippen LogP contribution in [0.25, 0.3) is 0 Å². The van der Waals surface area contributed by atoms with Gasteiger partial charge in [-0.05, 0) is 24.1 Å². The van der Waals surface area contributed by atoms with Crippen LogP contribution in [-0.4, -0.2) is 36.9 Å². The highest BCUT2D eigenvalue weighted by Gasteiger charge is 2.09. The summed E-state index contributed by atoms with van der Waals surface area (Å²) >= 11 is 0. The highest BCUT2D eigenvalue weighted by molar-refractivity contribution is 5.95. The molecular weight excluding hydrogens is 258 g/mol. The molecule has 0 aliphatic carbocycles. The third kappa shape index (κ3) is 3.50. The minimum absolute atomic E-state index is 0.161. The zero-order valence-corrected chi connectivity index (χ0v) is 11.5. The average molecular weight is 275 g/mol. The van der Waals surface area contributed by atoms with E-state index < -0.39 is 0 Å². The van der Waals surface area contributed by atoms with Crippen LogP contribution in [0, 0.1) is 0 Å². The molecule has 0 saturated carbocycles. The molecule has 0 saturated heterocycles. The fourth-order valence-corrected chi connectivity index (χ4v) is 1.78. The number of methoxy groups -OCH3 is 2. The van der Waals surface area contributed by atoms with Gasteiger partial charge in [0.1, 0.15) is 11.5 Å². The molecule has 2 rings (SSSR count). The van der Waals surface area contributed by atoms with E-state index in [4.69, 9.17) is 9.47 Å². The van der Waals surface area contributed by atoms with Gasteiger partial charge in [-0.1, -0.05) is 0 Å². The minimum Gasteiger partial charge on any atom is -0.497 e. The Labute approximate surface area is 117 Å². The Balaban J connectivity index is 1.97. The maximum Gasteiger partial charge on any atom is 0.251 e. The van der Waals surface area contributed by atoms with Crippen LogP contribution in [0.3, 0.4) is 0 Å². The second kappa shape index (κ2) is 6.60. The van der Waals surface area contributed by atoms with Crippen LogP contribution in [0.2, 0.25) is 0 Å². The van der Waals surface area contributed by atoms with Crippen molar-refractivity contribution in [2.45, 2.75) is 6.42 Å². The lowest BCUT2D eigenvalue weighted by atomic mass is 10.2. The number of ether oxygens (including phenoxy) is 2. The summed E-state index contributed by atoms with van der Waals surface area (Å²) in [7, 11) is 3.10. The first-order valence-corrected chi connectivity index (χ1v) is 6.22. The van der Waals surface area contributed by atoms with E-state index in [9.17, 15) is 4.79 Å². The lowest BCUT2D eigenvalue weighted by molar-refractivity contribution is 0.0953. The Morgan fingerprint density at radius 1 is 1.25 bits per heavy atom. The van der Waals surface area contributed by atoms with E-state index in [0.29, 0.717) is 23.6 Å². The van der Waals surface area contributed by atoms with Crippen molar-refractivity contribution in [2.75, 3.05) is 20.8 Å². The number of rotatable bonds is 6. The maximum atomic E-state index is 12.1. The van der Waals surface area contributed by atoms with Gasteiger partial charge in [-0.25, -0.2) is 0 Å². The van der Waals surface area contributed by atoms with E-state index in [2.05, 4.69) is 15.5 Å². The molecule has 0 bridgehead atoms. The van der Waals surface area contributed by atoms with Gasteiger partial charge in [-0.3, -0.25) is 9.89 Å². The van der Waals surface area contributed by atoms with Crippen LogP contribution < -0.4 is 14.8 Å². The highest BCUT2D eigenvalue weighted by Crippen LogP contribution is 2.22. The van der Waals surface area contributed by atoms with Crippen molar-refractivity contribution in [3.05, 3.63) is 41.7 Å². The normalized spacial score (nSPS) is 10.1. The second-order valence-electron chi connectivity index (χ2n) is 4.21. The summed E-state index contributed by atoms with van der Waals surface area (Å²) in [6.45, 7) is 0.540. The summed E-state index contributed by atoms with van der Waals surface area (Å²) in [4.78, 5) is 12.1. The lowest BCUT2D eigenvalue weighted by Crippen LogP contribution is -2.25. The molecule has 2 N–H and O–H groups in total. The number of carbonyl (C=O) groups is 1. The van der Waals surface area contributed by atoms with E-state index in [-0.39, 0.29) is 5.91 Å². The number of aromatic nitrogens is 2. The van der Waals surface area contributed by atoms with Crippen molar-refractivity contribution in [3.8, 4) is 11.5 Å². The first-order chi connectivity index (χ1) is 9.72. The predicted octanol–water partition coefficient (Wildman–Crippen LogP) is 1.40. The molecule has 1 amide bonds. The Kier molecular flexibility index (Phi) is 4.60. The molecule has 0 unspecified atom stereocenters. The van der Waals surface area contributed by atoms with Gasteiger partial charge < -0.3 is 14.8 Å². The number of amides is 1. The summed E-state index contributed by atoms with van der Waals surface area (Å²) in [6, 6.07) is 5.08. The fourth-order valence-electron chi connectivity index (χ4n) is 1.78. The third-order valence-electron chi connectivity index (χ3n) is 2.87. The summed E-state index contributed by atoms with van der Waals surface area (Å²) in [5, 5.41) is 9.43. The van der Waals surface area contributed by atoms with Gasteiger partial charge in [-0.15, -0.1) is 0 Å². The lowest BCUT2D eigenvalue weighted by Gasteiger charge is -2.09. The fraction of sp³-hybridized carbons (Fsp3) is 0.286. The van der Waals surface area contributed by atoms with Crippen LogP contribution in [0.4, 0.5) is 0 Å². The van der Waals surface area contributed by atoms with Crippen LogP contribution in [0.1, 0.15) is 15.9 Å². The van der Waals surface area contributed by atoms with Crippen molar-refractivity contribution in [3.63, 3.8) is 0 Å². The molecule has 1 aromatic carbocycles. The zero-order chi connectivity index (χ0) is 14.4. The number of H-pyrrole nitrogens is 1. The predicted molar refractivity (Wildman–Crippen MR) is 74.2 cm³/mol. The second-order valence-corrected chi connectivity index (χ2v) is 4.21. The number of carbonyl (C=O) groups excluding carboxylic acids is 1. The SMILES string of the molecule is COc1cc(OC)cc(C(=O)NCCc2cn[nH]c2)c1. The first kappa shape index (κ1) is 13.9. The Hall–Kier alpha value is -2.50. The van der Waals surface area contributed by atoms with Gasteiger partial charge in [0.25, 0.3) is 5.91 Å². The summed E-state index contributed by atoms with van der Waals surface area (Å²) in [5.41, 5.74) is 1.56. The smallest absolute Gasteiger partial charge is 0.251 e. The summed E-state index contributed by atoms with van der Waals surface area (Å²) in [5.74, 6) is 1.01. The molecule has 0 aliphatic heterocycles. The summed E-state index contributed by atoms with van der Waals surface area (Å²) < 4.78 is 10.3. The molecule has 0 spiro atoms. The standard InChI is InChI=1S/C14H17N3O3/c1-19-12-5-11(6-13(7-12)20-2)14(18)15-4-3-10-8-16-17-9-10/h5-9H,3-4H2,1-2H3,(H,15,18)(H,16,17). The Morgan fingerprint density at radius 3 is 2.50 bits per heavy atom. The molecule has 6 heteroatoms. The number of benzene rings is 1. The molecule has 0 fully saturated rings. The maximum absolute atomic E-state index is 12.1. The number of hydrogen-bond acceptors (Lipinski definition) is 4. The van der Waals surface area contributed by atoms with Crippen molar-refractivity contribution < 1.29 is 14.3 Å². The van der Waals surface area contributed by atoms with Crippen molar-refractivity contribution in [2.24, 2.45) is 0 Å². The van der Waals surface area contributed by atoms with E-state index in [1.807, 2.05) is 0 Å². The molecule has 0 radical (unpaired) electrons.